The summed E-state index contributed by atoms with van der Waals surface area (Å²) in [5, 5.41) is 3.32. The van der Waals surface area contributed by atoms with Crippen molar-refractivity contribution in [1.29, 1.82) is 0 Å². The lowest BCUT2D eigenvalue weighted by molar-refractivity contribution is -0.139. The first-order chi connectivity index (χ1) is 20.1. The Bertz CT molecular complexity index is 1490. The second kappa shape index (κ2) is 14.1. The van der Waals surface area contributed by atoms with Crippen LogP contribution in [0.3, 0.4) is 0 Å². The second-order valence-corrected chi connectivity index (χ2v) is 12.9. The van der Waals surface area contributed by atoms with E-state index in [1.165, 1.54) is 30.2 Å². The van der Waals surface area contributed by atoms with Crippen LogP contribution in [-0.4, -0.2) is 50.9 Å². The van der Waals surface area contributed by atoms with Crippen molar-refractivity contribution < 1.29 is 22.7 Å². The number of sulfonamides is 1. The van der Waals surface area contributed by atoms with E-state index in [1.807, 2.05) is 31.2 Å². The Hall–Kier alpha value is -3.56. The van der Waals surface area contributed by atoms with Gasteiger partial charge < -0.3 is 15.0 Å². The molecule has 0 bridgehead atoms. The van der Waals surface area contributed by atoms with Gasteiger partial charge in [0.25, 0.3) is 10.0 Å². The Kier molecular flexibility index (Phi) is 10.5. The highest BCUT2D eigenvalue weighted by atomic mass is 35.5. The summed E-state index contributed by atoms with van der Waals surface area (Å²) in [5.41, 5.74) is 2.03. The van der Waals surface area contributed by atoms with E-state index in [9.17, 15) is 18.0 Å². The summed E-state index contributed by atoms with van der Waals surface area (Å²) in [7, 11) is -2.72. The molecular formula is C32H38ClN3O5S. The molecule has 0 aliphatic heterocycles. The van der Waals surface area contributed by atoms with Gasteiger partial charge in [0.2, 0.25) is 11.8 Å². The maximum atomic E-state index is 14.1. The highest BCUT2D eigenvalue weighted by Gasteiger charge is 2.33. The van der Waals surface area contributed by atoms with Gasteiger partial charge in [-0.3, -0.25) is 13.9 Å². The van der Waals surface area contributed by atoms with Crippen molar-refractivity contribution in [2.24, 2.45) is 0 Å². The first-order valence-corrected chi connectivity index (χ1v) is 16.0. The number of ether oxygens (including phenoxy) is 1. The van der Waals surface area contributed by atoms with E-state index in [-0.39, 0.29) is 34.1 Å². The van der Waals surface area contributed by atoms with Gasteiger partial charge in [-0.2, -0.15) is 0 Å². The van der Waals surface area contributed by atoms with Crippen LogP contribution in [0.25, 0.3) is 0 Å². The topological polar surface area (TPSA) is 96.0 Å². The van der Waals surface area contributed by atoms with E-state index < -0.39 is 28.5 Å². The molecule has 1 aliphatic rings. The summed E-state index contributed by atoms with van der Waals surface area (Å²) >= 11 is 6.38. The third-order valence-electron chi connectivity index (χ3n) is 7.75. The fraction of sp³-hybridized carbons (Fsp3) is 0.375. The first kappa shape index (κ1) is 31.4. The van der Waals surface area contributed by atoms with Gasteiger partial charge in [-0.25, -0.2) is 8.42 Å². The number of carbonyl (C=O) groups is 2. The van der Waals surface area contributed by atoms with Crippen LogP contribution in [0.1, 0.15) is 50.2 Å². The number of nitrogens with one attached hydrogen (secondary N) is 1. The fourth-order valence-electron chi connectivity index (χ4n) is 5.18. The number of anilines is 1. The fourth-order valence-corrected chi connectivity index (χ4v) is 6.86. The van der Waals surface area contributed by atoms with Gasteiger partial charge in [-0.15, -0.1) is 0 Å². The highest BCUT2D eigenvalue weighted by molar-refractivity contribution is 7.92. The van der Waals surface area contributed by atoms with Crippen LogP contribution in [0, 0.1) is 6.92 Å². The lowest BCUT2D eigenvalue weighted by Crippen LogP contribution is -2.53. The lowest BCUT2D eigenvalue weighted by Gasteiger charge is -2.33. The van der Waals surface area contributed by atoms with E-state index in [0.717, 1.165) is 47.5 Å². The number of carbonyl (C=O) groups excluding carboxylic acids is 2. The Morgan fingerprint density at radius 2 is 1.67 bits per heavy atom. The molecule has 0 aromatic heterocycles. The second-order valence-electron chi connectivity index (χ2n) is 10.6. The van der Waals surface area contributed by atoms with E-state index in [4.69, 9.17) is 16.3 Å². The van der Waals surface area contributed by atoms with Crippen molar-refractivity contribution in [2.45, 2.75) is 69.5 Å². The van der Waals surface area contributed by atoms with E-state index >= 15 is 0 Å². The molecule has 0 unspecified atom stereocenters. The molecule has 0 radical (unpaired) electrons. The number of hydrogen-bond donors (Lipinski definition) is 1. The molecule has 10 heteroatoms. The van der Waals surface area contributed by atoms with Crippen LogP contribution in [0.2, 0.25) is 5.02 Å². The molecule has 1 fully saturated rings. The van der Waals surface area contributed by atoms with Crippen molar-refractivity contribution >= 4 is 39.1 Å². The SMILES string of the molecule is COc1ccc(N(CC(=O)N(Cc2ccccc2C)[C@@H](C)C(=O)NC2CCCCC2)S(=O)(=O)c2ccccc2)cc1Cl. The maximum absolute atomic E-state index is 14.1. The molecule has 0 heterocycles. The molecule has 4 rings (SSSR count). The first-order valence-electron chi connectivity index (χ1n) is 14.2. The number of hydrogen-bond acceptors (Lipinski definition) is 5. The molecule has 1 saturated carbocycles. The van der Waals surface area contributed by atoms with Gasteiger partial charge in [0.15, 0.2) is 0 Å². The average molecular weight is 612 g/mol. The van der Waals surface area contributed by atoms with Crippen LogP contribution >= 0.6 is 11.6 Å². The average Bonchev–Trinajstić information content (AvgIpc) is 2.99. The molecule has 0 saturated heterocycles. The van der Waals surface area contributed by atoms with Crippen molar-refractivity contribution in [3.05, 3.63) is 88.9 Å². The Morgan fingerprint density at radius 3 is 2.31 bits per heavy atom. The summed E-state index contributed by atoms with van der Waals surface area (Å²) in [5.74, 6) is -0.400. The van der Waals surface area contributed by atoms with Crippen LogP contribution in [0.15, 0.2) is 77.7 Å². The van der Waals surface area contributed by atoms with Gasteiger partial charge in [0.05, 0.1) is 22.7 Å². The number of nitrogens with zero attached hydrogens (tertiary/aromatic N) is 2. The maximum Gasteiger partial charge on any atom is 0.264 e. The zero-order valence-electron chi connectivity index (χ0n) is 24.3. The quantitative estimate of drug-likeness (QED) is 0.299. The van der Waals surface area contributed by atoms with Crippen molar-refractivity contribution in [1.82, 2.24) is 10.2 Å². The third kappa shape index (κ3) is 7.44. The minimum absolute atomic E-state index is 0.0262. The minimum Gasteiger partial charge on any atom is -0.495 e. The number of methoxy groups -OCH3 is 1. The lowest BCUT2D eigenvalue weighted by atomic mass is 9.95. The van der Waals surface area contributed by atoms with Gasteiger partial charge >= 0.3 is 0 Å². The number of rotatable bonds is 11. The highest BCUT2D eigenvalue weighted by Crippen LogP contribution is 2.32. The molecule has 1 aliphatic carbocycles. The van der Waals surface area contributed by atoms with Crippen molar-refractivity contribution in [3.63, 3.8) is 0 Å². The molecule has 8 nitrogen and oxygen atoms in total. The molecule has 0 spiro atoms. The zero-order chi connectivity index (χ0) is 30.3. The van der Waals surface area contributed by atoms with Crippen LogP contribution in [0.5, 0.6) is 5.75 Å². The molecule has 1 N–H and O–H groups in total. The summed E-state index contributed by atoms with van der Waals surface area (Å²) in [4.78, 5) is 29.1. The Balaban J connectivity index is 1.70. The number of aryl methyl sites for hydroxylation is 1. The Morgan fingerprint density at radius 1 is 1.00 bits per heavy atom. The van der Waals surface area contributed by atoms with Crippen LogP contribution < -0.4 is 14.4 Å². The summed E-state index contributed by atoms with van der Waals surface area (Å²) < 4.78 is 34.2. The molecule has 2 amide bonds. The molecule has 224 valence electrons. The number of halogens is 1. The van der Waals surface area contributed by atoms with E-state index in [0.29, 0.717) is 5.75 Å². The predicted molar refractivity (Wildman–Crippen MR) is 165 cm³/mol. The van der Waals surface area contributed by atoms with Gasteiger partial charge in [0.1, 0.15) is 18.3 Å². The summed E-state index contributed by atoms with van der Waals surface area (Å²) in [6.07, 6.45) is 5.09. The molecule has 1 atom stereocenters. The third-order valence-corrected chi connectivity index (χ3v) is 9.84. The zero-order valence-corrected chi connectivity index (χ0v) is 25.8. The largest absolute Gasteiger partial charge is 0.495 e. The molecule has 42 heavy (non-hydrogen) atoms. The van der Waals surface area contributed by atoms with Crippen molar-refractivity contribution in [3.8, 4) is 5.75 Å². The summed E-state index contributed by atoms with van der Waals surface area (Å²) in [6, 6.07) is 19.3. The summed E-state index contributed by atoms with van der Waals surface area (Å²) in [6.45, 7) is 3.24. The predicted octanol–water partition coefficient (Wildman–Crippen LogP) is 5.72. The Labute approximate surface area is 253 Å². The molecule has 3 aromatic carbocycles. The van der Waals surface area contributed by atoms with Gasteiger partial charge in [-0.05, 0) is 68.1 Å². The minimum atomic E-state index is -4.18. The van der Waals surface area contributed by atoms with E-state index in [2.05, 4.69) is 5.32 Å². The monoisotopic (exact) mass is 611 g/mol. The number of benzene rings is 3. The standard InChI is InChI=1S/C32H38ClN3O5S/c1-23-12-10-11-13-25(23)21-35(24(2)32(38)34-26-14-6-4-7-15-26)31(37)22-36(27-18-19-30(41-3)29(33)20-27)42(39,40)28-16-8-5-9-17-28/h5,8-13,16-20,24,26H,4,6-7,14-15,21-22H2,1-3H3,(H,34,38)/t24-/m0/s1. The number of amides is 2. The molecular weight excluding hydrogens is 574 g/mol. The van der Waals surface area contributed by atoms with Crippen LogP contribution in [0.4, 0.5) is 5.69 Å². The van der Waals surface area contributed by atoms with Gasteiger partial charge in [-0.1, -0.05) is 73.3 Å². The smallest absolute Gasteiger partial charge is 0.264 e. The van der Waals surface area contributed by atoms with Crippen molar-refractivity contribution in [2.75, 3.05) is 18.0 Å². The van der Waals surface area contributed by atoms with Crippen LogP contribution in [-0.2, 0) is 26.2 Å². The van der Waals surface area contributed by atoms with Gasteiger partial charge in [0, 0.05) is 12.6 Å². The molecule has 3 aromatic rings. The normalized spacial score (nSPS) is 14.6. The van der Waals surface area contributed by atoms with E-state index in [1.54, 1.807) is 37.3 Å².